The molecule has 0 saturated carbocycles. The summed E-state index contributed by atoms with van der Waals surface area (Å²) in [6, 6.07) is 4.58. The van der Waals surface area contributed by atoms with Gasteiger partial charge in [-0.25, -0.2) is 0 Å². The predicted octanol–water partition coefficient (Wildman–Crippen LogP) is 5.36. The minimum absolute atomic E-state index is 0.230. The molecule has 1 N–H and O–H groups in total. The topological polar surface area (TPSA) is 79.9 Å². The number of hydrogen-bond donors (Lipinski definition) is 1. The van der Waals surface area contributed by atoms with Gasteiger partial charge in [-0.2, -0.15) is 10.5 Å². The molecule has 30 heavy (non-hydrogen) atoms. The number of carbonyl (C=O) groups is 1. The van der Waals surface area contributed by atoms with Crippen LogP contribution in [0.1, 0.15) is 84.0 Å². The van der Waals surface area contributed by atoms with E-state index in [-0.39, 0.29) is 5.91 Å². The first-order chi connectivity index (χ1) is 14.6. The predicted molar refractivity (Wildman–Crippen MR) is 123 cm³/mol. The monoisotopic (exact) mass is 430 g/mol. The molecular weight excluding hydrogens is 392 g/mol. The van der Waals surface area contributed by atoms with Gasteiger partial charge in [0.15, 0.2) is 0 Å². The molecule has 2 heterocycles. The Labute approximate surface area is 187 Å². The van der Waals surface area contributed by atoms with Crippen LogP contribution in [0.2, 0.25) is 0 Å². The molecule has 166 valence electrons. The van der Waals surface area contributed by atoms with Crippen molar-refractivity contribution in [2.75, 3.05) is 25.9 Å². The van der Waals surface area contributed by atoms with Gasteiger partial charge in [0.2, 0.25) is 5.91 Å². The van der Waals surface area contributed by atoms with Gasteiger partial charge < -0.3 is 10.2 Å². The number of carbonyl (C=O) groups excluding carboxylic acids is 1. The van der Waals surface area contributed by atoms with Gasteiger partial charge >= 0.3 is 0 Å². The summed E-state index contributed by atoms with van der Waals surface area (Å²) in [6.45, 7) is 3.88. The van der Waals surface area contributed by atoms with E-state index in [4.69, 9.17) is 0 Å². The van der Waals surface area contributed by atoms with E-state index in [1.54, 1.807) is 11.8 Å². The fraction of sp³-hybridized carbons (Fsp3) is 0.792. The lowest BCUT2D eigenvalue weighted by molar-refractivity contribution is -0.127. The van der Waals surface area contributed by atoms with Crippen molar-refractivity contribution in [2.24, 2.45) is 11.3 Å². The normalized spacial score (nSPS) is 21.3. The highest BCUT2D eigenvalue weighted by Gasteiger charge is 2.52. The van der Waals surface area contributed by atoms with E-state index in [9.17, 15) is 15.3 Å². The average Bonchev–Trinajstić information content (AvgIpc) is 2.74. The molecule has 1 atom stereocenters. The highest BCUT2D eigenvalue weighted by atomic mass is 32.2. The van der Waals surface area contributed by atoms with E-state index in [0.717, 1.165) is 25.3 Å². The summed E-state index contributed by atoms with van der Waals surface area (Å²) in [5.74, 6) is -0.0843. The maximum absolute atomic E-state index is 12.6. The second kappa shape index (κ2) is 13.0. The Bertz CT molecular complexity index is 668. The Morgan fingerprint density at radius 1 is 1.03 bits per heavy atom. The van der Waals surface area contributed by atoms with E-state index in [1.165, 1.54) is 57.8 Å². The third kappa shape index (κ3) is 6.50. The fourth-order valence-corrected chi connectivity index (χ4v) is 5.76. The van der Waals surface area contributed by atoms with Gasteiger partial charge in [-0.15, -0.1) is 11.8 Å². The summed E-state index contributed by atoms with van der Waals surface area (Å²) >= 11 is 1.59. The SMILES string of the molecule is CCCCCCCCCCCCSC1=C(C#N)C2(CCN(C)CC2)C(C#N)C(=O)N1. The van der Waals surface area contributed by atoms with Gasteiger partial charge in [-0.1, -0.05) is 64.7 Å². The number of nitrogens with one attached hydrogen (secondary N) is 1. The Balaban J connectivity index is 1.83. The van der Waals surface area contributed by atoms with Crippen molar-refractivity contribution in [3.63, 3.8) is 0 Å². The number of amides is 1. The number of nitrogens with zero attached hydrogens (tertiary/aromatic N) is 3. The largest absolute Gasteiger partial charge is 0.319 e. The Morgan fingerprint density at radius 3 is 2.13 bits per heavy atom. The number of likely N-dealkylation sites (tertiary alicyclic amines) is 1. The molecule has 5 nitrogen and oxygen atoms in total. The first-order valence-electron chi connectivity index (χ1n) is 11.8. The van der Waals surface area contributed by atoms with Crippen LogP contribution in [0, 0.1) is 34.0 Å². The van der Waals surface area contributed by atoms with Crippen LogP contribution in [0.15, 0.2) is 10.6 Å². The maximum Gasteiger partial charge on any atom is 0.243 e. The molecule has 1 unspecified atom stereocenters. The van der Waals surface area contributed by atoms with E-state index in [1.807, 2.05) is 7.05 Å². The fourth-order valence-electron chi connectivity index (χ4n) is 4.64. The highest BCUT2D eigenvalue weighted by molar-refractivity contribution is 8.03. The quantitative estimate of drug-likeness (QED) is 0.422. The third-order valence-corrected chi connectivity index (χ3v) is 7.73. The zero-order valence-electron chi connectivity index (χ0n) is 18.8. The molecule has 0 aromatic heterocycles. The van der Waals surface area contributed by atoms with Gasteiger partial charge in [0.05, 0.1) is 22.7 Å². The van der Waals surface area contributed by atoms with Crippen molar-refractivity contribution in [3.8, 4) is 12.1 Å². The van der Waals surface area contributed by atoms with Gasteiger partial charge in [-0.05, 0) is 45.2 Å². The van der Waals surface area contributed by atoms with E-state index in [0.29, 0.717) is 23.4 Å². The number of thioether (sulfide) groups is 1. The summed E-state index contributed by atoms with van der Waals surface area (Å²) in [5.41, 5.74) is 0.0252. The maximum atomic E-state index is 12.6. The Kier molecular flexibility index (Phi) is 10.8. The molecule has 0 aliphatic carbocycles. The lowest BCUT2D eigenvalue weighted by atomic mass is 9.63. The summed E-state index contributed by atoms with van der Waals surface area (Å²) < 4.78 is 0. The van der Waals surface area contributed by atoms with Gasteiger partial charge in [0.25, 0.3) is 0 Å². The van der Waals surface area contributed by atoms with Crippen LogP contribution in [0.5, 0.6) is 0 Å². The molecule has 2 aliphatic rings. The average molecular weight is 431 g/mol. The third-order valence-electron chi connectivity index (χ3n) is 6.64. The summed E-state index contributed by atoms with van der Waals surface area (Å²) in [4.78, 5) is 14.9. The number of allylic oxidation sites excluding steroid dienone is 1. The van der Waals surface area contributed by atoms with E-state index < -0.39 is 11.3 Å². The highest BCUT2D eigenvalue weighted by Crippen LogP contribution is 2.49. The number of nitriles is 2. The van der Waals surface area contributed by atoms with E-state index >= 15 is 0 Å². The van der Waals surface area contributed by atoms with Crippen molar-refractivity contribution in [2.45, 2.75) is 84.0 Å². The van der Waals surface area contributed by atoms with Crippen LogP contribution in [0.4, 0.5) is 0 Å². The Hall–Kier alpha value is -1.50. The first-order valence-corrected chi connectivity index (χ1v) is 12.7. The molecule has 1 spiro atoms. The lowest BCUT2D eigenvalue weighted by Crippen LogP contribution is -2.52. The van der Waals surface area contributed by atoms with Crippen molar-refractivity contribution >= 4 is 17.7 Å². The minimum atomic E-state index is -0.762. The zero-order chi connectivity index (χ0) is 21.8. The van der Waals surface area contributed by atoms with Crippen LogP contribution in [0.25, 0.3) is 0 Å². The molecule has 0 aromatic carbocycles. The molecule has 0 bridgehead atoms. The first kappa shape index (κ1) is 24.8. The molecule has 1 fully saturated rings. The number of rotatable bonds is 12. The minimum Gasteiger partial charge on any atom is -0.319 e. The molecule has 6 heteroatoms. The molecule has 0 radical (unpaired) electrons. The standard InChI is InChI=1S/C24H38N4OS/c1-3-4-5-6-7-8-9-10-11-12-17-30-23-21(19-26)24(13-15-28(2)16-14-24)20(18-25)22(29)27-23/h20H,3-17H2,1-2H3,(H,27,29). The summed E-state index contributed by atoms with van der Waals surface area (Å²) in [6.07, 6.45) is 14.4. The number of unbranched alkanes of at least 4 members (excludes halogenated alkanes) is 9. The second-order valence-electron chi connectivity index (χ2n) is 8.86. The van der Waals surface area contributed by atoms with Crippen molar-refractivity contribution < 1.29 is 4.79 Å². The second-order valence-corrected chi connectivity index (χ2v) is 9.96. The zero-order valence-corrected chi connectivity index (χ0v) is 19.7. The van der Waals surface area contributed by atoms with Crippen LogP contribution in [-0.4, -0.2) is 36.7 Å². The number of piperidine rings is 1. The van der Waals surface area contributed by atoms with Crippen molar-refractivity contribution in [1.29, 1.82) is 10.5 Å². The molecular formula is C24H38N4OS. The van der Waals surface area contributed by atoms with Gasteiger partial charge in [-0.3, -0.25) is 4.79 Å². The molecule has 1 amide bonds. The smallest absolute Gasteiger partial charge is 0.243 e. The van der Waals surface area contributed by atoms with Gasteiger partial charge in [0, 0.05) is 5.41 Å². The molecule has 0 aromatic rings. The van der Waals surface area contributed by atoms with E-state index in [2.05, 4.69) is 29.3 Å². The van der Waals surface area contributed by atoms with Crippen molar-refractivity contribution in [3.05, 3.63) is 10.6 Å². The molecule has 2 aliphatic heterocycles. The van der Waals surface area contributed by atoms with Crippen LogP contribution < -0.4 is 5.32 Å². The van der Waals surface area contributed by atoms with Gasteiger partial charge in [0.1, 0.15) is 5.92 Å². The summed E-state index contributed by atoms with van der Waals surface area (Å²) in [7, 11) is 2.05. The van der Waals surface area contributed by atoms with Crippen LogP contribution >= 0.6 is 11.8 Å². The van der Waals surface area contributed by atoms with Crippen LogP contribution in [0.3, 0.4) is 0 Å². The molecule has 2 rings (SSSR count). The number of hydrogen-bond acceptors (Lipinski definition) is 5. The summed E-state index contributed by atoms with van der Waals surface area (Å²) in [5, 5.41) is 23.2. The lowest BCUT2D eigenvalue weighted by Gasteiger charge is -2.45. The Morgan fingerprint density at radius 2 is 1.60 bits per heavy atom. The molecule has 1 saturated heterocycles. The van der Waals surface area contributed by atoms with Crippen LogP contribution in [-0.2, 0) is 4.79 Å². The van der Waals surface area contributed by atoms with Crippen molar-refractivity contribution in [1.82, 2.24) is 10.2 Å².